The Morgan fingerprint density at radius 2 is 1.62 bits per heavy atom. The quantitative estimate of drug-likeness (QED) is 0.555. The van der Waals surface area contributed by atoms with Crippen molar-refractivity contribution in [1.82, 2.24) is 0 Å². The minimum atomic E-state index is -3.72. The summed E-state index contributed by atoms with van der Waals surface area (Å²) in [4.78, 5) is 13.7. The van der Waals surface area contributed by atoms with Gasteiger partial charge in [-0.25, -0.2) is 8.42 Å². The lowest BCUT2D eigenvalue weighted by atomic mass is 10.1. The Morgan fingerprint density at radius 1 is 0.862 bits per heavy atom. The molecule has 0 saturated carbocycles. The van der Waals surface area contributed by atoms with Crippen molar-refractivity contribution in [2.45, 2.75) is 24.2 Å². The Bertz CT molecular complexity index is 1220. The van der Waals surface area contributed by atoms with Gasteiger partial charge in [-0.1, -0.05) is 30.3 Å². The largest absolute Gasteiger partial charge is 0.312 e. The molecule has 0 spiro atoms. The highest BCUT2D eigenvalue weighted by Gasteiger charge is 2.23. The SMILES string of the molecule is O=C1CCCN1c1ccc(S(=O)(=O)Nc2ccc3c(c2)-c2ccccc2C3)cc1. The third-order valence-electron chi connectivity index (χ3n) is 5.58. The van der Waals surface area contributed by atoms with E-state index < -0.39 is 10.0 Å². The van der Waals surface area contributed by atoms with Crippen molar-refractivity contribution in [3.8, 4) is 11.1 Å². The molecule has 2 aliphatic rings. The van der Waals surface area contributed by atoms with Crippen molar-refractivity contribution in [3.05, 3.63) is 77.9 Å². The van der Waals surface area contributed by atoms with Gasteiger partial charge in [0.1, 0.15) is 0 Å². The van der Waals surface area contributed by atoms with E-state index in [9.17, 15) is 13.2 Å². The summed E-state index contributed by atoms with van der Waals surface area (Å²) in [6, 6.07) is 20.4. The Hall–Kier alpha value is -3.12. The molecular formula is C23H20N2O3S. The number of amides is 1. The number of fused-ring (bicyclic) bond motifs is 3. The van der Waals surface area contributed by atoms with Crippen LogP contribution in [0.5, 0.6) is 0 Å². The molecule has 1 fully saturated rings. The van der Waals surface area contributed by atoms with E-state index in [1.165, 1.54) is 11.1 Å². The van der Waals surface area contributed by atoms with Crippen LogP contribution in [0, 0.1) is 0 Å². The topological polar surface area (TPSA) is 66.5 Å². The van der Waals surface area contributed by atoms with Gasteiger partial charge in [-0.3, -0.25) is 9.52 Å². The first-order valence-corrected chi connectivity index (χ1v) is 11.1. The molecule has 1 N–H and O–H groups in total. The van der Waals surface area contributed by atoms with Gasteiger partial charge in [0, 0.05) is 24.3 Å². The number of sulfonamides is 1. The molecule has 0 atom stereocenters. The van der Waals surface area contributed by atoms with Crippen LogP contribution in [0.1, 0.15) is 24.0 Å². The average molecular weight is 404 g/mol. The van der Waals surface area contributed by atoms with Crippen molar-refractivity contribution in [3.63, 3.8) is 0 Å². The predicted octanol–water partition coefficient (Wildman–Crippen LogP) is 4.19. The monoisotopic (exact) mass is 404 g/mol. The Balaban J connectivity index is 1.40. The summed E-state index contributed by atoms with van der Waals surface area (Å²) in [6.07, 6.45) is 2.25. The molecule has 1 heterocycles. The fraction of sp³-hybridized carbons (Fsp3) is 0.174. The fourth-order valence-corrected chi connectivity index (χ4v) is 5.18. The van der Waals surface area contributed by atoms with Crippen LogP contribution in [0.4, 0.5) is 11.4 Å². The van der Waals surface area contributed by atoms with Gasteiger partial charge >= 0.3 is 0 Å². The maximum Gasteiger partial charge on any atom is 0.261 e. The number of rotatable bonds is 4. The Kier molecular flexibility index (Phi) is 4.17. The number of hydrogen-bond donors (Lipinski definition) is 1. The lowest BCUT2D eigenvalue weighted by Gasteiger charge is -2.16. The van der Waals surface area contributed by atoms with Crippen LogP contribution < -0.4 is 9.62 Å². The van der Waals surface area contributed by atoms with E-state index in [2.05, 4.69) is 16.9 Å². The van der Waals surface area contributed by atoms with E-state index in [1.54, 1.807) is 35.2 Å². The summed E-state index contributed by atoms with van der Waals surface area (Å²) in [7, 11) is -3.72. The third-order valence-corrected chi connectivity index (χ3v) is 6.98. The Labute approximate surface area is 170 Å². The highest BCUT2D eigenvalue weighted by atomic mass is 32.2. The molecule has 1 saturated heterocycles. The van der Waals surface area contributed by atoms with Crippen LogP contribution in [0.15, 0.2) is 71.6 Å². The zero-order chi connectivity index (χ0) is 20.0. The summed E-state index contributed by atoms with van der Waals surface area (Å²) in [5.74, 6) is 0.0807. The van der Waals surface area contributed by atoms with E-state index in [0.29, 0.717) is 18.7 Å². The first-order valence-electron chi connectivity index (χ1n) is 9.66. The minimum Gasteiger partial charge on any atom is -0.312 e. The van der Waals surface area contributed by atoms with Crippen LogP contribution in [0.2, 0.25) is 0 Å². The molecule has 29 heavy (non-hydrogen) atoms. The summed E-state index contributed by atoms with van der Waals surface area (Å²) in [5.41, 5.74) is 5.97. The fourth-order valence-electron chi connectivity index (χ4n) is 4.13. The van der Waals surface area contributed by atoms with Gasteiger partial charge in [0.2, 0.25) is 5.91 Å². The van der Waals surface area contributed by atoms with Crippen LogP contribution >= 0.6 is 0 Å². The average Bonchev–Trinajstić information content (AvgIpc) is 3.31. The molecule has 1 amide bonds. The maximum atomic E-state index is 12.9. The normalized spacial score (nSPS) is 15.3. The van der Waals surface area contributed by atoms with Crippen molar-refractivity contribution in [1.29, 1.82) is 0 Å². The zero-order valence-electron chi connectivity index (χ0n) is 15.8. The minimum absolute atomic E-state index is 0.0807. The van der Waals surface area contributed by atoms with E-state index in [-0.39, 0.29) is 10.8 Å². The lowest BCUT2D eigenvalue weighted by molar-refractivity contribution is -0.117. The maximum absolute atomic E-state index is 12.9. The molecule has 6 heteroatoms. The van der Waals surface area contributed by atoms with Crippen LogP contribution in [0.25, 0.3) is 11.1 Å². The number of anilines is 2. The van der Waals surface area contributed by atoms with Crippen LogP contribution in [0.3, 0.4) is 0 Å². The number of carbonyl (C=O) groups is 1. The third kappa shape index (κ3) is 3.19. The van der Waals surface area contributed by atoms with E-state index in [4.69, 9.17) is 0 Å². The van der Waals surface area contributed by atoms with Gasteiger partial charge in [-0.05, 0) is 71.5 Å². The second kappa shape index (κ2) is 6.74. The molecule has 5 nitrogen and oxygen atoms in total. The number of nitrogens with zero attached hydrogens (tertiary/aromatic N) is 1. The van der Waals surface area contributed by atoms with Gasteiger partial charge < -0.3 is 4.90 Å². The molecular weight excluding hydrogens is 384 g/mol. The second-order valence-corrected chi connectivity index (χ2v) is 9.14. The first kappa shape index (κ1) is 17.9. The highest BCUT2D eigenvalue weighted by Crippen LogP contribution is 2.38. The number of nitrogens with one attached hydrogen (secondary N) is 1. The molecule has 1 aliphatic carbocycles. The number of hydrogen-bond acceptors (Lipinski definition) is 3. The summed E-state index contributed by atoms with van der Waals surface area (Å²) >= 11 is 0. The molecule has 5 rings (SSSR count). The molecule has 1 aliphatic heterocycles. The second-order valence-electron chi connectivity index (χ2n) is 7.45. The number of benzene rings is 3. The van der Waals surface area contributed by atoms with Crippen molar-refractivity contribution in [2.24, 2.45) is 0 Å². The van der Waals surface area contributed by atoms with Crippen molar-refractivity contribution >= 4 is 27.3 Å². The van der Waals surface area contributed by atoms with Gasteiger partial charge in [-0.15, -0.1) is 0 Å². The van der Waals surface area contributed by atoms with E-state index >= 15 is 0 Å². The Morgan fingerprint density at radius 3 is 2.38 bits per heavy atom. The molecule has 146 valence electrons. The molecule has 3 aromatic carbocycles. The molecule has 0 bridgehead atoms. The van der Waals surface area contributed by atoms with E-state index in [0.717, 1.165) is 29.7 Å². The van der Waals surface area contributed by atoms with Crippen LogP contribution in [-0.2, 0) is 21.2 Å². The van der Waals surface area contributed by atoms with Gasteiger partial charge in [0.05, 0.1) is 4.90 Å². The zero-order valence-corrected chi connectivity index (χ0v) is 16.6. The predicted molar refractivity (Wildman–Crippen MR) is 114 cm³/mol. The molecule has 0 radical (unpaired) electrons. The highest BCUT2D eigenvalue weighted by molar-refractivity contribution is 7.92. The summed E-state index contributed by atoms with van der Waals surface area (Å²) in [5, 5.41) is 0. The summed E-state index contributed by atoms with van der Waals surface area (Å²) < 4.78 is 28.4. The van der Waals surface area contributed by atoms with Crippen molar-refractivity contribution < 1.29 is 13.2 Å². The van der Waals surface area contributed by atoms with Gasteiger partial charge in [0.25, 0.3) is 10.0 Å². The van der Waals surface area contributed by atoms with E-state index in [1.807, 2.05) is 24.3 Å². The number of carbonyl (C=O) groups excluding carboxylic acids is 1. The molecule has 0 unspecified atom stereocenters. The molecule has 3 aromatic rings. The summed E-state index contributed by atoms with van der Waals surface area (Å²) in [6.45, 7) is 0.680. The molecule has 0 aromatic heterocycles. The van der Waals surface area contributed by atoms with Gasteiger partial charge in [0.15, 0.2) is 0 Å². The van der Waals surface area contributed by atoms with Crippen LogP contribution in [-0.4, -0.2) is 20.9 Å². The standard InChI is InChI=1S/C23H20N2O3S/c26-23-6-3-13-25(23)19-9-11-20(12-10-19)29(27,28)24-18-8-7-17-14-16-4-1-2-5-21(16)22(17)15-18/h1-2,4-5,7-12,15,24H,3,6,13-14H2. The van der Waals surface area contributed by atoms with Crippen molar-refractivity contribution in [2.75, 3.05) is 16.2 Å². The smallest absolute Gasteiger partial charge is 0.261 e. The lowest BCUT2D eigenvalue weighted by Crippen LogP contribution is -2.23. The first-order chi connectivity index (χ1) is 14.0. The van der Waals surface area contributed by atoms with Gasteiger partial charge in [-0.2, -0.15) is 0 Å².